The van der Waals surface area contributed by atoms with Crippen LogP contribution < -0.4 is 10.1 Å². The van der Waals surface area contributed by atoms with Gasteiger partial charge in [0.2, 0.25) is 0 Å². The molecule has 1 unspecified atom stereocenters. The van der Waals surface area contributed by atoms with E-state index in [-0.39, 0.29) is 24.3 Å². The number of ether oxygens (including phenoxy) is 2. The summed E-state index contributed by atoms with van der Waals surface area (Å²) >= 11 is 1.38. The average molecular weight is 522 g/mol. The van der Waals surface area contributed by atoms with Crippen LogP contribution in [0.2, 0.25) is 0 Å². The highest BCUT2D eigenvalue weighted by molar-refractivity contribution is 7.17. The fraction of sp³-hybridized carbons (Fsp3) is 0.400. The number of benzene rings is 1. The molecule has 192 valence electrons. The molecule has 2 aromatic heterocycles. The molecule has 0 radical (unpaired) electrons. The minimum absolute atomic E-state index is 0.0277. The van der Waals surface area contributed by atoms with Crippen molar-refractivity contribution in [2.24, 2.45) is 0 Å². The van der Waals surface area contributed by atoms with E-state index in [1.165, 1.54) is 40.4 Å². The Morgan fingerprint density at radius 2 is 2.00 bits per heavy atom. The second-order valence-corrected chi connectivity index (χ2v) is 9.64. The number of carbonyl (C=O) groups is 2. The summed E-state index contributed by atoms with van der Waals surface area (Å²) in [5.74, 6) is -0.928. The summed E-state index contributed by atoms with van der Waals surface area (Å²) in [4.78, 5) is 26.9. The molecule has 2 heterocycles. The lowest BCUT2D eigenvalue weighted by Crippen LogP contribution is -2.19. The van der Waals surface area contributed by atoms with E-state index in [0.717, 1.165) is 48.3 Å². The molecule has 36 heavy (non-hydrogen) atoms. The van der Waals surface area contributed by atoms with Crippen molar-refractivity contribution in [3.8, 4) is 5.75 Å². The van der Waals surface area contributed by atoms with E-state index in [1.54, 1.807) is 0 Å². The zero-order valence-electron chi connectivity index (χ0n) is 19.9. The van der Waals surface area contributed by atoms with Gasteiger partial charge in [0.05, 0.1) is 17.2 Å². The van der Waals surface area contributed by atoms with Crippen LogP contribution in [0, 0.1) is 0 Å². The lowest BCUT2D eigenvalue weighted by atomic mass is 9.95. The monoisotopic (exact) mass is 521 g/mol. The van der Waals surface area contributed by atoms with Gasteiger partial charge in [-0.15, -0.1) is 11.3 Å². The summed E-state index contributed by atoms with van der Waals surface area (Å²) < 4.78 is 50.9. The second kappa shape index (κ2) is 10.7. The number of nitrogens with one attached hydrogen (secondary N) is 1. The quantitative estimate of drug-likeness (QED) is 0.363. The third kappa shape index (κ3) is 5.89. The number of aryl methyl sites for hydroxylation is 1. The van der Waals surface area contributed by atoms with Crippen LogP contribution in [0.5, 0.6) is 5.75 Å². The molecule has 3 aromatic rings. The van der Waals surface area contributed by atoms with Crippen LogP contribution in [0.25, 0.3) is 0 Å². The number of alkyl halides is 3. The molecule has 1 aliphatic carbocycles. The molecule has 1 N–H and O–H groups in total. The number of aromatic nitrogens is 2. The van der Waals surface area contributed by atoms with E-state index in [9.17, 15) is 22.8 Å². The van der Waals surface area contributed by atoms with Gasteiger partial charge < -0.3 is 14.8 Å². The van der Waals surface area contributed by atoms with Crippen molar-refractivity contribution in [3.05, 3.63) is 63.8 Å². The predicted molar refractivity (Wildman–Crippen MR) is 128 cm³/mol. The van der Waals surface area contributed by atoms with Gasteiger partial charge >= 0.3 is 12.1 Å². The summed E-state index contributed by atoms with van der Waals surface area (Å²) in [5, 5.41) is 7.40. The van der Waals surface area contributed by atoms with E-state index in [1.807, 2.05) is 13.8 Å². The first kappa shape index (κ1) is 25.7. The Balaban J connectivity index is 1.46. The number of esters is 1. The maximum Gasteiger partial charge on any atom is 0.416 e. The van der Waals surface area contributed by atoms with Crippen molar-refractivity contribution >= 4 is 28.2 Å². The van der Waals surface area contributed by atoms with Crippen LogP contribution in [0.3, 0.4) is 0 Å². The highest BCUT2D eigenvalue weighted by atomic mass is 32.1. The molecule has 1 amide bonds. The fourth-order valence-corrected chi connectivity index (χ4v) is 5.09. The molecule has 1 aliphatic rings. The number of thiophene rings is 1. The highest BCUT2D eigenvalue weighted by Crippen LogP contribution is 2.39. The summed E-state index contributed by atoms with van der Waals surface area (Å²) in [6, 6.07) is 5.99. The molecule has 7 nitrogen and oxygen atoms in total. The van der Waals surface area contributed by atoms with E-state index >= 15 is 0 Å². The van der Waals surface area contributed by atoms with Gasteiger partial charge in [0.25, 0.3) is 5.91 Å². The van der Waals surface area contributed by atoms with Gasteiger partial charge in [-0.1, -0.05) is 13.0 Å². The minimum atomic E-state index is -4.48. The number of hydrogen-bond acceptors (Lipinski definition) is 6. The Morgan fingerprint density at radius 3 is 2.75 bits per heavy atom. The number of fused-ring (bicyclic) bond motifs is 1. The summed E-state index contributed by atoms with van der Waals surface area (Å²) in [5.41, 5.74) is 0.614. The lowest BCUT2D eigenvalue weighted by Gasteiger charge is -2.15. The first-order chi connectivity index (χ1) is 17.2. The first-order valence-electron chi connectivity index (χ1n) is 11.7. The number of anilines is 1. The normalized spacial score (nSPS) is 14.1. The van der Waals surface area contributed by atoms with Gasteiger partial charge in [0.1, 0.15) is 10.8 Å². The third-order valence-electron chi connectivity index (χ3n) is 5.88. The van der Waals surface area contributed by atoms with Gasteiger partial charge in [-0.25, -0.2) is 9.48 Å². The van der Waals surface area contributed by atoms with Crippen LogP contribution in [-0.4, -0.2) is 27.8 Å². The number of halogens is 3. The number of rotatable bonds is 8. The van der Waals surface area contributed by atoms with Gasteiger partial charge in [0.15, 0.2) is 12.4 Å². The van der Waals surface area contributed by atoms with E-state index in [2.05, 4.69) is 10.4 Å². The Labute approximate surface area is 210 Å². The van der Waals surface area contributed by atoms with E-state index in [0.29, 0.717) is 17.0 Å². The average Bonchev–Trinajstić information content (AvgIpc) is 3.47. The molecule has 0 bridgehead atoms. The maximum atomic E-state index is 12.9. The van der Waals surface area contributed by atoms with Crippen LogP contribution in [0.1, 0.15) is 70.0 Å². The van der Waals surface area contributed by atoms with Gasteiger partial charge in [-0.05, 0) is 68.9 Å². The number of nitrogens with zero attached hydrogens (tertiary/aromatic N) is 2. The molecule has 0 saturated carbocycles. The Kier molecular flexibility index (Phi) is 7.67. The predicted octanol–water partition coefficient (Wildman–Crippen LogP) is 6.09. The molecule has 11 heteroatoms. The Bertz CT molecular complexity index is 1250. The SMILES string of the molecule is CCC(C)OC(=O)c1c(NC(=O)c2ccn(COc3cccc(C(F)(F)F)c3)n2)sc2c1CCCC2. The third-order valence-corrected chi connectivity index (χ3v) is 7.09. The molecular formula is C25H26F3N3O4S. The van der Waals surface area contributed by atoms with Crippen molar-refractivity contribution in [1.29, 1.82) is 0 Å². The molecule has 0 fully saturated rings. The zero-order chi connectivity index (χ0) is 25.9. The molecule has 1 aromatic carbocycles. The van der Waals surface area contributed by atoms with Gasteiger partial charge in [0, 0.05) is 11.1 Å². The topological polar surface area (TPSA) is 82.5 Å². The fourth-order valence-electron chi connectivity index (χ4n) is 3.82. The number of hydrogen-bond donors (Lipinski definition) is 1. The van der Waals surface area contributed by atoms with Crippen LogP contribution in [-0.2, 0) is 30.5 Å². The molecule has 0 aliphatic heterocycles. The largest absolute Gasteiger partial charge is 0.471 e. The number of amides is 1. The van der Waals surface area contributed by atoms with E-state index < -0.39 is 23.6 Å². The van der Waals surface area contributed by atoms with E-state index in [4.69, 9.17) is 9.47 Å². The van der Waals surface area contributed by atoms with Crippen molar-refractivity contribution in [2.45, 2.75) is 65.0 Å². The highest BCUT2D eigenvalue weighted by Gasteiger charge is 2.31. The minimum Gasteiger partial charge on any atom is -0.471 e. The van der Waals surface area contributed by atoms with Crippen LogP contribution >= 0.6 is 11.3 Å². The van der Waals surface area contributed by atoms with Crippen molar-refractivity contribution in [1.82, 2.24) is 9.78 Å². The zero-order valence-corrected chi connectivity index (χ0v) is 20.7. The Hall–Kier alpha value is -3.34. The standard InChI is InChI=1S/C25H26F3N3O4S/c1-3-15(2)35-24(33)21-18-9-4-5-10-20(18)36-23(21)29-22(32)19-11-12-31(30-19)14-34-17-8-6-7-16(13-17)25(26,27)28/h6-8,11-13,15H,3-5,9-10,14H2,1-2H3,(H,29,32). The lowest BCUT2D eigenvalue weighted by molar-refractivity contribution is -0.137. The van der Waals surface area contributed by atoms with Crippen LogP contribution in [0.15, 0.2) is 36.5 Å². The molecule has 0 saturated heterocycles. The smallest absolute Gasteiger partial charge is 0.416 e. The maximum absolute atomic E-state index is 12.9. The molecule has 0 spiro atoms. The molecular weight excluding hydrogens is 495 g/mol. The van der Waals surface area contributed by atoms with Crippen LogP contribution in [0.4, 0.5) is 18.2 Å². The second-order valence-electron chi connectivity index (χ2n) is 8.53. The Morgan fingerprint density at radius 1 is 1.22 bits per heavy atom. The van der Waals surface area contributed by atoms with Crippen molar-refractivity contribution < 1.29 is 32.2 Å². The summed E-state index contributed by atoms with van der Waals surface area (Å²) in [7, 11) is 0. The first-order valence-corrected chi connectivity index (χ1v) is 12.5. The van der Waals surface area contributed by atoms with Gasteiger partial charge in [-0.2, -0.15) is 18.3 Å². The molecule has 4 rings (SSSR count). The summed E-state index contributed by atoms with van der Waals surface area (Å²) in [6.07, 6.45) is 1.05. The number of carbonyl (C=O) groups excluding carboxylic acids is 2. The summed E-state index contributed by atoms with van der Waals surface area (Å²) in [6.45, 7) is 3.56. The molecule has 1 atom stereocenters. The van der Waals surface area contributed by atoms with Crippen molar-refractivity contribution in [2.75, 3.05) is 5.32 Å². The van der Waals surface area contributed by atoms with Gasteiger partial charge in [-0.3, -0.25) is 4.79 Å². The van der Waals surface area contributed by atoms with Crippen molar-refractivity contribution in [3.63, 3.8) is 0 Å².